The van der Waals surface area contributed by atoms with Gasteiger partial charge >= 0.3 is 0 Å². The Labute approximate surface area is 110 Å². The summed E-state index contributed by atoms with van der Waals surface area (Å²) in [5.41, 5.74) is 7.83. The van der Waals surface area contributed by atoms with Crippen LogP contribution < -0.4 is 11.1 Å². The largest absolute Gasteiger partial charge is 0.353 e. The standard InChI is InChI=1S/C15H24N2O/c1-11(2)17-15(18)14(5-4-10-16)13-8-6-12(3)7-9-13/h6-9,11,14H,4-5,10,16H2,1-3H3,(H,17,18). The van der Waals surface area contributed by atoms with E-state index in [9.17, 15) is 4.79 Å². The summed E-state index contributed by atoms with van der Waals surface area (Å²) in [5, 5.41) is 2.99. The monoisotopic (exact) mass is 248 g/mol. The van der Waals surface area contributed by atoms with Gasteiger partial charge in [0.1, 0.15) is 0 Å². The molecule has 3 heteroatoms. The van der Waals surface area contributed by atoms with Crippen molar-refractivity contribution in [3.05, 3.63) is 35.4 Å². The SMILES string of the molecule is Cc1ccc(C(CCCN)C(=O)NC(C)C)cc1. The fourth-order valence-electron chi connectivity index (χ4n) is 1.95. The molecular formula is C15H24N2O. The van der Waals surface area contributed by atoms with Crippen molar-refractivity contribution in [3.8, 4) is 0 Å². The maximum Gasteiger partial charge on any atom is 0.227 e. The molecule has 0 fully saturated rings. The number of hydrogen-bond donors (Lipinski definition) is 2. The maximum atomic E-state index is 12.2. The number of nitrogens with two attached hydrogens (primary N) is 1. The molecule has 0 aromatic heterocycles. The average molecular weight is 248 g/mol. The fourth-order valence-corrected chi connectivity index (χ4v) is 1.95. The van der Waals surface area contributed by atoms with Gasteiger partial charge in [0.2, 0.25) is 5.91 Å². The topological polar surface area (TPSA) is 55.1 Å². The minimum Gasteiger partial charge on any atom is -0.353 e. The maximum absolute atomic E-state index is 12.2. The molecule has 0 aliphatic heterocycles. The second-order valence-electron chi connectivity index (χ2n) is 5.06. The Hall–Kier alpha value is -1.35. The lowest BCUT2D eigenvalue weighted by molar-refractivity contribution is -0.123. The van der Waals surface area contributed by atoms with Crippen LogP contribution >= 0.6 is 0 Å². The Bertz CT molecular complexity index is 371. The van der Waals surface area contributed by atoms with Crippen LogP contribution in [0.25, 0.3) is 0 Å². The Morgan fingerprint density at radius 2 is 1.89 bits per heavy atom. The first-order valence-electron chi connectivity index (χ1n) is 6.61. The second kappa shape index (κ2) is 7.17. The number of benzene rings is 1. The molecular weight excluding hydrogens is 224 g/mol. The third kappa shape index (κ3) is 4.49. The van der Waals surface area contributed by atoms with Crippen molar-refractivity contribution >= 4 is 5.91 Å². The van der Waals surface area contributed by atoms with Gasteiger partial charge in [0, 0.05) is 6.04 Å². The van der Waals surface area contributed by atoms with Gasteiger partial charge in [-0.25, -0.2) is 0 Å². The van der Waals surface area contributed by atoms with Crippen LogP contribution in [0.5, 0.6) is 0 Å². The van der Waals surface area contributed by atoms with Crippen molar-refractivity contribution in [3.63, 3.8) is 0 Å². The molecule has 0 saturated heterocycles. The van der Waals surface area contributed by atoms with Gasteiger partial charge in [-0.2, -0.15) is 0 Å². The van der Waals surface area contributed by atoms with Crippen molar-refractivity contribution in [2.75, 3.05) is 6.54 Å². The van der Waals surface area contributed by atoms with Crippen LogP contribution in [0.15, 0.2) is 24.3 Å². The predicted molar refractivity (Wildman–Crippen MR) is 75.5 cm³/mol. The van der Waals surface area contributed by atoms with Crippen LogP contribution in [0.2, 0.25) is 0 Å². The van der Waals surface area contributed by atoms with Crippen molar-refractivity contribution in [2.45, 2.75) is 45.6 Å². The first-order valence-corrected chi connectivity index (χ1v) is 6.61. The molecule has 1 unspecified atom stereocenters. The molecule has 0 radical (unpaired) electrons. The summed E-state index contributed by atoms with van der Waals surface area (Å²) in [6.07, 6.45) is 1.67. The molecule has 3 N–H and O–H groups in total. The molecule has 1 aromatic rings. The molecule has 0 heterocycles. The van der Waals surface area contributed by atoms with Crippen molar-refractivity contribution < 1.29 is 4.79 Å². The zero-order chi connectivity index (χ0) is 13.5. The molecule has 18 heavy (non-hydrogen) atoms. The fraction of sp³-hybridized carbons (Fsp3) is 0.533. The van der Waals surface area contributed by atoms with Crippen molar-refractivity contribution in [2.24, 2.45) is 5.73 Å². The number of rotatable bonds is 6. The lowest BCUT2D eigenvalue weighted by Gasteiger charge is -2.19. The van der Waals surface area contributed by atoms with Crippen molar-refractivity contribution in [1.29, 1.82) is 0 Å². The predicted octanol–water partition coefficient (Wildman–Crippen LogP) is 2.34. The van der Waals surface area contributed by atoms with E-state index in [-0.39, 0.29) is 17.9 Å². The minimum absolute atomic E-state index is 0.0865. The highest BCUT2D eigenvalue weighted by molar-refractivity contribution is 5.83. The van der Waals surface area contributed by atoms with E-state index in [0.717, 1.165) is 18.4 Å². The zero-order valence-electron chi connectivity index (χ0n) is 11.6. The van der Waals surface area contributed by atoms with Crippen LogP contribution in [0, 0.1) is 6.92 Å². The van der Waals surface area contributed by atoms with Crippen LogP contribution in [-0.2, 0) is 4.79 Å². The quantitative estimate of drug-likeness (QED) is 0.812. The van der Waals surface area contributed by atoms with E-state index in [4.69, 9.17) is 5.73 Å². The Morgan fingerprint density at radius 3 is 2.39 bits per heavy atom. The van der Waals surface area contributed by atoms with Crippen LogP contribution in [0.4, 0.5) is 0 Å². The molecule has 1 rings (SSSR count). The van der Waals surface area contributed by atoms with E-state index in [0.29, 0.717) is 6.54 Å². The molecule has 0 bridgehead atoms. The minimum atomic E-state index is -0.0865. The third-order valence-corrected chi connectivity index (χ3v) is 2.92. The Balaban J connectivity index is 2.83. The normalized spacial score (nSPS) is 12.5. The van der Waals surface area contributed by atoms with Gasteiger partial charge in [0.15, 0.2) is 0 Å². The summed E-state index contributed by atoms with van der Waals surface area (Å²) in [5.74, 6) is 0.0128. The molecule has 0 aliphatic carbocycles. The summed E-state index contributed by atoms with van der Waals surface area (Å²) >= 11 is 0. The number of carbonyl (C=O) groups excluding carboxylic acids is 1. The van der Waals surface area contributed by atoms with Crippen LogP contribution in [0.3, 0.4) is 0 Å². The zero-order valence-corrected chi connectivity index (χ0v) is 11.6. The second-order valence-corrected chi connectivity index (χ2v) is 5.06. The number of hydrogen-bond acceptors (Lipinski definition) is 2. The number of carbonyl (C=O) groups is 1. The van der Waals surface area contributed by atoms with E-state index >= 15 is 0 Å². The first kappa shape index (κ1) is 14.7. The summed E-state index contributed by atoms with van der Waals surface area (Å²) < 4.78 is 0. The summed E-state index contributed by atoms with van der Waals surface area (Å²) in [7, 11) is 0. The number of amides is 1. The van der Waals surface area contributed by atoms with Gasteiger partial charge in [-0.15, -0.1) is 0 Å². The van der Waals surface area contributed by atoms with E-state index in [1.807, 2.05) is 45.0 Å². The Kier molecular flexibility index (Phi) is 5.86. The van der Waals surface area contributed by atoms with E-state index in [2.05, 4.69) is 5.32 Å². The lowest BCUT2D eigenvalue weighted by atomic mass is 9.92. The smallest absolute Gasteiger partial charge is 0.227 e. The van der Waals surface area contributed by atoms with Gasteiger partial charge in [-0.3, -0.25) is 4.79 Å². The number of nitrogens with one attached hydrogen (secondary N) is 1. The molecule has 1 aromatic carbocycles. The van der Waals surface area contributed by atoms with Gasteiger partial charge in [0.05, 0.1) is 5.92 Å². The number of aryl methyl sites for hydroxylation is 1. The van der Waals surface area contributed by atoms with Gasteiger partial charge in [-0.05, 0) is 45.7 Å². The molecule has 0 spiro atoms. The van der Waals surface area contributed by atoms with Crippen LogP contribution in [0.1, 0.15) is 43.7 Å². The van der Waals surface area contributed by atoms with E-state index in [1.54, 1.807) is 0 Å². The highest BCUT2D eigenvalue weighted by atomic mass is 16.1. The van der Waals surface area contributed by atoms with Crippen LogP contribution in [-0.4, -0.2) is 18.5 Å². The Morgan fingerprint density at radius 1 is 1.28 bits per heavy atom. The lowest BCUT2D eigenvalue weighted by Crippen LogP contribution is -2.34. The summed E-state index contributed by atoms with van der Waals surface area (Å²) in [6, 6.07) is 8.34. The summed E-state index contributed by atoms with van der Waals surface area (Å²) in [6.45, 7) is 6.63. The molecule has 0 aliphatic rings. The highest BCUT2D eigenvalue weighted by Crippen LogP contribution is 2.22. The third-order valence-electron chi connectivity index (χ3n) is 2.92. The average Bonchev–Trinajstić information content (AvgIpc) is 2.31. The van der Waals surface area contributed by atoms with Gasteiger partial charge < -0.3 is 11.1 Å². The van der Waals surface area contributed by atoms with Gasteiger partial charge in [-0.1, -0.05) is 29.8 Å². The van der Waals surface area contributed by atoms with Crippen molar-refractivity contribution in [1.82, 2.24) is 5.32 Å². The summed E-state index contributed by atoms with van der Waals surface area (Å²) in [4.78, 5) is 12.2. The molecule has 100 valence electrons. The molecule has 3 nitrogen and oxygen atoms in total. The first-order chi connectivity index (χ1) is 8.54. The highest BCUT2D eigenvalue weighted by Gasteiger charge is 2.20. The molecule has 0 saturated carbocycles. The van der Waals surface area contributed by atoms with Gasteiger partial charge in [0.25, 0.3) is 0 Å². The van der Waals surface area contributed by atoms with E-state index in [1.165, 1.54) is 5.56 Å². The molecule has 1 atom stereocenters. The van der Waals surface area contributed by atoms with E-state index < -0.39 is 0 Å². The molecule has 1 amide bonds.